The Balaban J connectivity index is 2.82. The molecule has 0 bridgehead atoms. The molecule has 0 aliphatic carbocycles. The minimum absolute atomic E-state index is 0.144. The van der Waals surface area contributed by atoms with Crippen molar-refractivity contribution in [2.45, 2.75) is 6.42 Å². The average Bonchev–Trinajstić information content (AvgIpc) is 2.30. The monoisotopic (exact) mass is 232 g/mol. The summed E-state index contributed by atoms with van der Waals surface area (Å²) in [6.07, 6.45) is 1.73. The molecule has 0 aromatic carbocycles. The van der Waals surface area contributed by atoms with Crippen LogP contribution < -0.4 is 5.73 Å². The van der Waals surface area contributed by atoms with Crippen LogP contribution in [0.5, 0.6) is 0 Å². The van der Waals surface area contributed by atoms with Gasteiger partial charge in [-0.25, -0.2) is 4.98 Å². The number of hydrogen-bond donors (Lipinski definition) is 1. The smallest absolute Gasteiger partial charge is 0.312 e. The van der Waals surface area contributed by atoms with E-state index in [1.165, 1.54) is 12.3 Å². The van der Waals surface area contributed by atoms with Crippen molar-refractivity contribution in [3.05, 3.63) is 38.4 Å². The Kier molecular flexibility index (Phi) is 4.30. The minimum Gasteiger partial charge on any atom is -0.378 e. The van der Waals surface area contributed by atoms with Gasteiger partial charge in [0.05, 0.1) is 4.92 Å². The normalized spacial score (nSPS) is 8.71. The summed E-state index contributed by atoms with van der Waals surface area (Å²) in [6.45, 7) is 0.258. The van der Waals surface area contributed by atoms with E-state index in [9.17, 15) is 10.1 Å². The lowest BCUT2D eigenvalue weighted by Gasteiger charge is -1.95. The molecule has 1 aromatic heterocycles. The summed E-state index contributed by atoms with van der Waals surface area (Å²) >= 11 is 0. The molecule has 0 fully saturated rings. The lowest BCUT2D eigenvalue weighted by atomic mass is 10.2. The Morgan fingerprint density at radius 2 is 2.47 bits per heavy atom. The third kappa shape index (κ3) is 3.70. The summed E-state index contributed by atoms with van der Waals surface area (Å²) in [5.41, 5.74) is 13.5. The summed E-state index contributed by atoms with van der Waals surface area (Å²) in [5, 5.41) is 13.9. The Morgan fingerprint density at radius 3 is 3.12 bits per heavy atom. The quantitative estimate of drug-likeness (QED) is 0.161. The van der Waals surface area contributed by atoms with Crippen molar-refractivity contribution in [1.29, 1.82) is 0 Å². The highest BCUT2D eigenvalue weighted by Gasteiger charge is 2.12. The van der Waals surface area contributed by atoms with Crippen LogP contribution in [0, 0.1) is 22.0 Å². The third-order valence-corrected chi connectivity index (χ3v) is 1.73. The largest absolute Gasteiger partial charge is 0.378 e. The number of hydrogen-bond acceptors (Lipinski definition) is 5. The van der Waals surface area contributed by atoms with Gasteiger partial charge < -0.3 is 5.73 Å². The van der Waals surface area contributed by atoms with Crippen LogP contribution in [0.4, 0.5) is 11.5 Å². The third-order valence-electron chi connectivity index (χ3n) is 1.73. The zero-order valence-electron chi connectivity index (χ0n) is 8.70. The molecular formula is C9H8N6O2. The van der Waals surface area contributed by atoms with Crippen molar-refractivity contribution in [3.8, 4) is 11.8 Å². The summed E-state index contributed by atoms with van der Waals surface area (Å²) in [5.74, 6) is 5.23. The fourth-order valence-electron chi connectivity index (χ4n) is 0.994. The van der Waals surface area contributed by atoms with Gasteiger partial charge in [0, 0.05) is 35.7 Å². The number of nitrogen functional groups attached to an aromatic ring is 1. The molecule has 0 amide bonds. The standard InChI is InChI=1S/C9H8N6O2/c10-9-8(15(16)17)5-7(6-12-9)3-1-2-4-13-14-11/h5-6H,2,4H2,(H2,10,12). The van der Waals surface area contributed by atoms with Crippen LogP contribution in [0.25, 0.3) is 10.4 Å². The molecule has 8 heteroatoms. The van der Waals surface area contributed by atoms with Crippen molar-refractivity contribution in [2.75, 3.05) is 12.3 Å². The predicted molar refractivity (Wildman–Crippen MR) is 60.8 cm³/mol. The Labute approximate surface area is 96.2 Å². The molecule has 1 aromatic rings. The summed E-state index contributed by atoms with van der Waals surface area (Å²) < 4.78 is 0. The molecule has 0 unspecified atom stereocenters. The van der Waals surface area contributed by atoms with Crippen molar-refractivity contribution >= 4 is 11.5 Å². The van der Waals surface area contributed by atoms with E-state index in [1.54, 1.807) is 0 Å². The van der Waals surface area contributed by atoms with Gasteiger partial charge in [0.2, 0.25) is 5.82 Å². The van der Waals surface area contributed by atoms with Gasteiger partial charge >= 0.3 is 5.69 Å². The molecule has 8 nitrogen and oxygen atoms in total. The molecule has 17 heavy (non-hydrogen) atoms. The van der Waals surface area contributed by atoms with E-state index in [2.05, 4.69) is 26.9 Å². The Bertz CT molecular complexity index is 538. The van der Waals surface area contributed by atoms with E-state index in [1.807, 2.05) is 0 Å². The fourth-order valence-corrected chi connectivity index (χ4v) is 0.994. The first kappa shape index (κ1) is 12.3. The first-order chi connectivity index (χ1) is 8.15. The first-order valence-electron chi connectivity index (χ1n) is 4.55. The van der Waals surface area contributed by atoms with Crippen LogP contribution in [0.15, 0.2) is 17.4 Å². The van der Waals surface area contributed by atoms with Crippen LogP contribution in [0.1, 0.15) is 12.0 Å². The van der Waals surface area contributed by atoms with Crippen LogP contribution in [-0.2, 0) is 0 Å². The van der Waals surface area contributed by atoms with Crippen LogP contribution in [0.3, 0.4) is 0 Å². The summed E-state index contributed by atoms with van der Waals surface area (Å²) in [4.78, 5) is 16.2. The molecule has 1 rings (SSSR count). The van der Waals surface area contributed by atoms with Gasteiger partial charge in [-0.05, 0) is 5.53 Å². The van der Waals surface area contributed by atoms with Gasteiger partial charge in [0.1, 0.15) is 0 Å². The van der Waals surface area contributed by atoms with Gasteiger partial charge in [0.25, 0.3) is 0 Å². The second-order valence-corrected chi connectivity index (χ2v) is 2.89. The fraction of sp³-hybridized carbons (Fsp3) is 0.222. The van der Waals surface area contributed by atoms with Crippen LogP contribution in [-0.4, -0.2) is 16.5 Å². The number of aromatic nitrogens is 1. The number of anilines is 1. The highest BCUT2D eigenvalue weighted by atomic mass is 16.6. The second kappa shape index (κ2) is 5.95. The first-order valence-corrected chi connectivity index (χ1v) is 4.55. The van der Waals surface area contributed by atoms with Crippen molar-refractivity contribution in [3.63, 3.8) is 0 Å². The number of pyridine rings is 1. The van der Waals surface area contributed by atoms with Gasteiger partial charge in [-0.3, -0.25) is 10.1 Å². The number of nitro groups is 1. The SMILES string of the molecule is [N-]=[N+]=NCCC#Cc1cnc(N)c([N+](=O)[O-])c1. The highest BCUT2D eigenvalue weighted by molar-refractivity contribution is 5.55. The highest BCUT2D eigenvalue weighted by Crippen LogP contribution is 2.18. The predicted octanol–water partition coefficient (Wildman–Crippen LogP) is 1.62. The maximum Gasteiger partial charge on any atom is 0.312 e. The molecule has 0 radical (unpaired) electrons. The molecule has 0 saturated carbocycles. The van der Waals surface area contributed by atoms with E-state index < -0.39 is 4.92 Å². The van der Waals surface area contributed by atoms with E-state index in [4.69, 9.17) is 11.3 Å². The topological polar surface area (TPSA) is 131 Å². The van der Waals surface area contributed by atoms with Gasteiger partial charge in [-0.1, -0.05) is 17.0 Å². The van der Waals surface area contributed by atoms with Crippen LogP contribution in [0.2, 0.25) is 0 Å². The van der Waals surface area contributed by atoms with E-state index in [0.717, 1.165) is 0 Å². The van der Waals surface area contributed by atoms with Gasteiger partial charge in [-0.15, -0.1) is 0 Å². The molecular weight excluding hydrogens is 224 g/mol. The number of nitrogens with two attached hydrogens (primary N) is 1. The molecule has 0 spiro atoms. The van der Waals surface area contributed by atoms with E-state index in [-0.39, 0.29) is 18.1 Å². The molecule has 0 atom stereocenters. The lowest BCUT2D eigenvalue weighted by Crippen LogP contribution is -1.98. The minimum atomic E-state index is -0.618. The zero-order valence-corrected chi connectivity index (χ0v) is 8.70. The molecule has 0 aliphatic heterocycles. The molecule has 1 heterocycles. The lowest BCUT2D eigenvalue weighted by molar-refractivity contribution is -0.384. The van der Waals surface area contributed by atoms with E-state index >= 15 is 0 Å². The number of azide groups is 1. The van der Waals surface area contributed by atoms with Gasteiger partial charge in [-0.2, -0.15) is 0 Å². The maximum atomic E-state index is 10.6. The molecule has 2 N–H and O–H groups in total. The van der Waals surface area contributed by atoms with E-state index in [0.29, 0.717) is 12.0 Å². The molecule has 0 saturated heterocycles. The van der Waals surface area contributed by atoms with Gasteiger partial charge in [0.15, 0.2) is 0 Å². The number of rotatable bonds is 3. The average molecular weight is 232 g/mol. The summed E-state index contributed by atoms with van der Waals surface area (Å²) in [6, 6.07) is 1.25. The maximum absolute atomic E-state index is 10.6. The Hall–Kier alpha value is -2.78. The summed E-state index contributed by atoms with van der Waals surface area (Å²) in [7, 11) is 0. The second-order valence-electron chi connectivity index (χ2n) is 2.89. The molecule has 86 valence electrons. The van der Waals surface area contributed by atoms with Crippen molar-refractivity contribution in [2.24, 2.45) is 5.11 Å². The Morgan fingerprint density at radius 1 is 1.71 bits per heavy atom. The molecule has 0 aliphatic rings. The van der Waals surface area contributed by atoms with Crippen LogP contribution >= 0.6 is 0 Å². The van der Waals surface area contributed by atoms with Crippen molar-refractivity contribution < 1.29 is 4.92 Å². The van der Waals surface area contributed by atoms with Crippen molar-refractivity contribution in [1.82, 2.24) is 4.98 Å². The zero-order chi connectivity index (χ0) is 12.7. The number of nitrogens with zero attached hydrogens (tertiary/aromatic N) is 5.